The van der Waals surface area contributed by atoms with Gasteiger partial charge >= 0.3 is 0 Å². The molecule has 2 aromatic heterocycles. The average Bonchev–Trinajstić information content (AvgIpc) is 3.19. The fourth-order valence-electron chi connectivity index (χ4n) is 2.10. The van der Waals surface area contributed by atoms with Crippen molar-refractivity contribution in [2.75, 3.05) is 0 Å². The molecule has 104 valence electrons. The first kappa shape index (κ1) is 12.7. The number of H-pyrrole nitrogens is 1. The third-order valence-corrected chi connectivity index (χ3v) is 3.27. The van der Waals surface area contributed by atoms with Crippen LogP contribution in [0.2, 0.25) is 0 Å². The normalized spacial score (nSPS) is 14.2. The number of aromatic amines is 1. The highest BCUT2D eigenvalue weighted by Gasteiger charge is 2.34. The van der Waals surface area contributed by atoms with Gasteiger partial charge in [-0.25, -0.2) is 5.10 Å². The van der Waals surface area contributed by atoms with Crippen LogP contribution in [0.3, 0.4) is 0 Å². The molecule has 1 saturated carbocycles. The molecule has 1 amide bonds. The number of hydrogen-bond donors (Lipinski definition) is 1. The highest BCUT2D eigenvalue weighted by Crippen LogP contribution is 2.29. The Morgan fingerprint density at radius 3 is 2.75 bits per heavy atom. The van der Waals surface area contributed by atoms with Crippen molar-refractivity contribution in [1.29, 1.82) is 0 Å². The van der Waals surface area contributed by atoms with E-state index in [1.165, 1.54) is 12.1 Å². The van der Waals surface area contributed by atoms with Gasteiger partial charge in [0.25, 0.3) is 11.5 Å². The maximum Gasteiger partial charge on any atom is 0.274 e. The minimum absolute atomic E-state index is 0.183. The molecule has 3 rings (SSSR count). The number of nitrogens with zero attached hydrogens (tertiary/aromatic N) is 2. The lowest BCUT2D eigenvalue weighted by Crippen LogP contribution is -2.33. The number of rotatable bonds is 4. The van der Waals surface area contributed by atoms with Crippen molar-refractivity contribution in [3.8, 4) is 0 Å². The van der Waals surface area contributed by atoms with Crippen LogP contribution < -0.4 is 5.56 Å². The highest BCUT2D eigenvalue weighted by molar-refractivity contribution is 5.92. The molecule has 0 unspecified atom stereocenters. The van der Waals surface area contributed by atoms with E-state index in [1.807, 2.05) is 19.1 Å². The molecule has 0 radical (unpaired) electrons. The largest absolute Gasteiger partial charge is 0.464 e. The molecule has 0 aromatic carbocycles. The van der Waals surface area contributed by atoms with Gasteiger partial charge in [0.1, 0.15) is 17.2 Å². The molecule has 1 aliphatic rings. The van der Waals surface area contributed by atoms with E-state index >= 15 is 0 Å². The van der Waals surface area contributed by atoms with Gasteiger partial charge in [0.05, 0.1) is 6.54 Å². The van der Waals surface area contributed by atoms with Gasteiger partial charge in [-0.15, -0.1) is 0 Å². The molecular weight excluding hydrogens is 258 g/mol. The van der Waals surface area contributed by atoms with E-state index in [2.05, 4.69) is 10.2 Å². The molecular formula is C14H15N3O3. The number of aryl methyl sites for hydroxylation is 1. The molecule has 0 atom stereocenters. The van der Waals surface area contributed by atoms with Gasteiger partial charge in [0.15, 0.2) is 0 Å². The summed E-state index contributed by atoms with van der Waals surface area (Å²) in [6, 6.07) is 6.75. The lowest BCUT2D eigenvalue weighted by Gasteiger charge is -2.20. The van der Waals surface area contributed by atoms with Crippen LogP contribution in [-0.4, -0.2) is 27.0 Å². The minimum atomic E-state index is -0.318. The van der Waals surface area contributed by atoms with E-state index in [-0.39, 0.29) is 23.2 Å². The predicted octanol–water partition coefficient (Wildman–Crippen LogP) is 1.48. The van der Waals surface area contributed by atoms with Crippen LogP contribution in [0.4, 0.5) is 0 Å². The second kappa shape index (κ2) is 4.96. The Balaban J connectivity index is 1.81. The summed E-state index contributed by atoms with van der Waals surface area (Å²) in [4.78, 5) is 25.2. The molecule has 20 heavy (non-hydrogen) atoms. The van der Waals surface area contributed by atoms with Gasteiger partial charge in [-0.1, -0.05) is 0 Å². The van der Waals surface area contributed by atoms with Crippen molar-refractivity contribution in [2.45, 2.75) is 32.4 Å². The zero-order valence-electron chi connectivity index (χ0n) is 11.1. The van der Waals surface area contributed by atoms with E-state index in [0.29, 0.717) is 6.54 Å². The van der Waals surface area contributed by atoms with Gasteiger partial charge in [-0.05, 0) is 38.0 Å². The van der Waals surface area contributed by atoms with Gasteiger partial charge in [-0.3, -0.25) is 9.59 Å². The molecule has 1 aliphatic carbocycles. The number of carbonyl (C=O) groups excluding carboxylic acids is 1. The second-order valence-electron chi connectivity index (χ2n) is 4.98. The van der Waals surface area contributed by atoms with Crippen LogP contribution in [0, 0.1) is 6.92 Å². The molecule has 0 bridgehead atoms. The van der Waals surface area contributed by atoms with Gasteiger partial charge < -0.3 is 9.32 Å². The van der Waals surface area contributed by atoms with E-state index in [4.69, 9.17) is 4.42 Å². The number of carbonyl (C=O) groups is 1. The second-order valence-corrected chi connectivity index (χ2v) is 4.98. The summed E-state index contributed by atoms with van der Waals surface area (Å²) in [5, 5.41) is 6.08. The number of amides is 1. The summed E-state index contributed by atoms with van der Waals surface area (Å²) in [6.45, 7) is 2.30. The molecule has 1 N–H and O–H groups in total. The molecule has 1 fully saturated rings. The van der Waals surface area contributed by atoms with E-state index in [0.717, 1.165) is 24.4 Å². The maximum absolute atomic E-state index is 12.4. The number of nitrogens with one attached hydrogen (secondary N) is 1. The van der Waals surface area contributed by atoms with Crippen LogP contribution in [0.5, 0.6) is 0 Å². The molecule has 2 aromatic rings. The standard InChI is InChI=1S/C14H15N3O3/c1-9-2-5-11(20-9)8-17(10-3-4-10)14(19)12-6-7-13(18)16-15-12/h2,5-7,10H,3-4,8H2,1H3,(H,16,18). The van der Waals surface area contributed by atoms with Crippen molar-refractivity contribution in [1.82, 2.24) is 15.1 Å². The van der Waals surface area contributed by atoms with Crippen LogP contribution in [0.25, 0.3) is 0 Å². The Morgan fingerprint density at radius 1 is 1.40 bits per heavy atom. The first-order valence-electron chi connectivity index (χ1n) is 6.55. The monoisotopic (exact) mass is 273 g/mol. The smallest absolute Gasteiger partial charge is 0.274 e. The van der Waals surface area contributed by atoms with Crippen LogP contribution >= 0.6 is 0 Å². The Labute approximate surface area is 115 Å². The van der Waals surface area contributed by atoms with Crippen LogP contribution in [0.1, 0.15) is 34.9 Å². The Hall–Kier alpha value is -2.37. The predicted molar refractivity (Wildman–Crippen MR) is 71.2 cm³/mol. The number of hydrogen-bond acceptors (Lipinski definition) is 4. The lowest BCUT2D eigenvalue weighted by atomic mass is 10.3. The van der Waals surface area contributed by atoms with Crippen molar-refractivity contribution < 1.29 is 9.21 Å². The summed E-state index contributed by atoms with van der Waals surface area (Å²) in [7, 11) is 0. The summed E-state index contributed by atoms with van der Waals surface area (Å²) in [5.41, 5.74) is -0.0686. The average molecular weight is 273 g/mol. The highest BCUT2D eigenvalue weighted by atomic mass is 16.3. The van der Waals surface area contributed by atoms with Gasteiger partial charge in [0, 0.05) is 12.1 Å². The first-order chi connectivity index (χ1) is 9.63. The first-order valence-corrected chi connectivity index (χ1v) is 6.55. The summed E-state index contributed by atoms with van der Waals surface area (Å²) in [6.07, 6.45) is 1.99. The van der Waals surface area contributed by atoms with E-state index < -0.39 is 0 Å². The van der Waals surface area contributed by atoms with Crippen LogP contribution in [-0.2, 0) is 6.54 Å². The maximum atomic E-state index is 12.4. The fourth-order valence-corrected chi connectivity index (χ4v) is 2.10. The molecule has 0 saturated heterocycles. The Morgan fingerprint density at radius 2 is 2.20 bits per heavy atom. The van der Waals surface area contributed by atoms with Crippen molar-refractivity contribution in [2.24, 2.45) is 0 Å². The molecule has 6 heteroatoms. The molecule has 2 heterocycles. The Kier molecular flexibility index (Phi) is 3.14. The fraction of sp³-hybridized carbons (Fsp3) is 0.357. The van der Waals surface area contributed by atoms with Crippen molar-refractivity contribution in [3.05, 3.63) is 51.8 Å². The third-order valence-electron chi connectivity index (χ3n) is 3.27. The Bertz CT molecular complexity index is 664. The molecule has 0 aliphatic heterocycles. The van der Waals surface area contributed by atoms with Crippen LogP contribution in [0.15, 0.2) is 33.5 Å². The number of furan rings is 1. The van der Waals surface area contributed by atoms with E-state index in [9.17, 15) is 9.59 Å². The quantitative estimate of drug-likeness (QED) is 0.915. The van der Waals surface area contributed by atoms with Crippen molar-refractivity contribution in [3.63, 3.8) is 0 Å². The molecule has 6 nitrogen and oxygen atoms in total. The van der Waals surface area contributed by atoms with Gasteiger partial charge in [0.2, 0.25) is 0 Å². The summed E-state index contributed by atoms with van der Waals surface area (Å²) >= 11 is 0. The molecule has 0 spiro atoms. The number of aromatic nitrogens is 2. The zero-order chi connectivity index (χ0) is 14.1. The van der Waals surface area contributed by atoms with E-state index in [1.54, 1.807) is 4.90 Å². The zero-order valence-corrected chi connectivity index (χ0v) is 11.1. The topological polar surface area (TPSA) is 79.2 Å². The summed E-state index contributed by atoms with van der Waals surface area (Å²) in [5.74, 6) is 1.40. The lowest BCUT2D eigenvalue weighted by molar-refractivity contribution is 0.0709. The minimum Gasteiger partial charge on any atom is -0.464 e. The van der Waals surface area contributed by atoms with Gasteiger partial charge in [-0.2, -0.15) is 5.10 Å². The SMILES string of the molecule is Cc1ccc(CN(C(=O)c2ccc(=O)[nH]n2)C2CC2)o1. The van der Waals surface area contributed by atoms with Crippen molar-refractivity contribution >= 4 is 5.91 Å². The third kappa shape index (κ3) is 2.64. The summed E-state index contributed by atoms with van der Waals surface area (Å²) < 4.78 is 5.52.